The van der Waals surface area contributed by atoms with Crippen LogP contribution in [0.3, 0.4) is 0 Å². The molecule has 0 unspecified atom stereocenters. The Kier molecular flexibility index (Phi) is 4.85. The third-order valence-corrected chi connectivity index (χ3v) is 3.50. The number of carbonyl (C=O) groups is 1. The molecular formula is C20H16N2O3. The quantitative estimate of drug-likeness (QED) is 0.299. The van der Waals surface area contributed by atoms with E-state index in [0.717, 1.165) is 5.39 Å². The van der Waals surface area contributed by atoms with Crippen LogP contribution in [0.1, 0.15) is 6.92 Å². The van der Waals surface area contributed by atoms with E-state index in [2.05, 4.69) is 10.2 Å². The number of phenols is 1. The molecule has 0 saturated carbocycles. The Balaban J connectivity index is 2.10. The molecule has 124 valence electrons. The maximum atomic E-state index is 11.7. The number of aromatic hydroxyl groups is 1. The molecule has 0 atom stereocenters. The van der Waals surface area contributed by atoms with Crippen LogP contribution in [-0.2, 0) is 4.79 Å². The number of allylic oxidation sites excluding steroid dienone is 1. The van der Waals surface area contributed by atoms with Crippen molar-refractivity contribution in [1.82, 2.24) is 0 Å². The lowest BCUT2D eigenvalue weighted by Gasteiger charge is -2.09. The van der Waals surface area contributed by atoms with E-state index in [1.54, 1.807) is 31.2 Å². The molecule has 25 heavy (non-hydrogen) atoms. The van der Waals surface area contributed by atoms with Crippen molar-refractivity contribution in [2.75, 3.05) is 0 Å². The lowest BCUT2D eigenvalue weighted by atomic mass is 10.1. The highest BCUT2D eigenvalue weighted by Gasteiger charge is 2.15. The Hall–Kier alpha value is -3.47. The standard InChI is InChI=1S/C20H16N2O3/c1-2-8-18(23)25-17-13-14-9-6-7-12-16(14)19(20(17)24)22-21-15-10-4-3-5-11-15/h2-13,24H,1H3. The van der Waals surface area contributed by atoms with Gasteiger partial charge >= 0.3 is 5.97 Å². The van der Waals surface area contributed by atoms with E-state index >= 15 is 0 Å². The summed E-state index contributed by atoms with van der Waals surface area (Å²) in [5.41, 5.74) is 0.910. The first-order valence-corrected chi connectivity index (χ1v) is 7.75. The van der Waals surface area contributed by atoms with Crippen molar-refractivity contribution in [2.45, 2.75) is 6.92 Å². The summed E-state index contributed by atoms with van der Waals surface area (Å²) in [5.74, 6) is -0.751. The van der Waals surface area contributed by atoms with Crippen molar-refractivity contribution in [1.29, 1.82) is 0 Å². The van der Waals surface area contributed by atoms with Crippen LogP contribution in [0, 0.1) is 0 Å². The van der Waals surface area contributed by atoms with Gasteiger partial charge in [-0.2, -0.15) is 5.11 Å². The number of azo groups is 1. The van der Waals surface area contributed by atoms with E-state index < -0.39 is 5.97 Å². The molecule has 5 nitrogen and oxygen atoms in total. The number of esters is 1. The normalized spacial score (nSPS) is 11.4. The van der Waals surface area contributed by atoms with Crippen molar-refractivity contribution in [2.24, 2.45) is 10.2 Å². The summed E-state index contributed by atoms with van der Waals surface area (Å²) < 4.78 is 5.21. The zero-order valence-electron chi connectivity index (χ0n) is 13.6. The minimum Gasteiger partial charge on any atom is -0.503 e. The van der Waals surface area contributed by atoms with Gasteiger partial charge in [0.1, 0.15) is 5.69 Å². The Bertz CT molecular complexity index is 963. The predicted molar refractivity (Wildman–Crippen MR) is 96.7 cm³/mol. The Morgan fingerprint density at radius 2 is 1.76 bits per heavy atom. The molecular weight excluding hydrogens is 316 g/mol. The van der Waals surface area contributed by atoms with Crippen LogP contribution in [0.2, 0.25) is 0 Å². The molecule has 0 aliphatic rings. The van der Waals surface area contributed by atoms with Gasteiger partial charge in [0.15, 0.2) is 11.5 Å². The van der Waals surface area contributed by atoms with Gasteiger partial charge in [-0.3, -0.25) is 0 Å². The maximum Gasteiger partial charge on any atom is 0.335 e. The number of nitrogens with zero attached hydrogens (tertiary/aromatic N) is 2. The van der Waals surface area contributed by atoms with E-state index in [4.69, 9.17) is 4.74 Å². The zero-order valence-corrected chi connectivity index (χ0v) is 13.6. The minimum absolute atomic E-state index is 0.0452. The average Bonchev–Trinajstić information content (AvgIpc) is 2.63. The highest BCUT2D eigenvalue weighted by Crippen LogP contribution is 2.43. The molecule has 0 radical (unpaired) electrons. The fourth-order valence-electron chi connectivity index (χ4n) is 2.35. The molecule has 3 aromatic carbocycles. The molecule has 0 aromatic heterocycles. The molecule has 0 aliphatic carbocycles. The van der Waals surface area contributed by atoms with Gasteiger partial charge in [0, 0.05) is 11.5 Å². The van der Waals surface area contributed by atoms with Gasteiger partial charge in [0.2, 0.25) is 0 Å². The number of hydrogen-bond donors (Lipinski definition) is 1. The summed E-state index contributed by atoms with van der Waals surface area (Å²) in [6, 6.07) is 18.2. The highest BCUT2D eigenvalue weighted by atomic mass is 16.5. The van der Waals surface area contributed by atoms with Gasteiger partial charge < -0.3 is 9.84 Å². The van der Waals surface area contributed by atoms with Crippen LogP contribution in [0.15, 0.2) is 83.0 Å². The third kappa shape index (κ3) is 3.72. The number of phenolic OH excluding ortho intramolecular Hbond substituents is 1. The molecule has 0 fully saturated rings. The molecule has 0 amide bonds. The topological polar surface area (TPSA) is 71.2 Å². The molecule has 3 aromatic rings. The van der Waals surface area contributed by atoms with Gasteiger partial charge in [-0.25, -0.2) is 4.79 Å². The summed E-state index contributed by atoms with van der Waals surface area (Å²) in [5, 5.41) is 20.4. The largest absolute Gasteiger partial charge is 0.503 e. The van der Waals surface area contributed by atoms with Gasteiger partial charge in [0.05, 0.1) is 5.69 Å². The smallest absolute Gasteiger partial charge is 0.335 e. The number of ether oxygens (including phenoxy) is 1. The number of benzene rings is 3. The van der Waals surface area contributed by atoms with Crippen molar-refractivity contribution >= 4 is 28.1 Å². The van der Waals surface area contributed by atoms with Crippen LogP contribution >= 0.6 is 0 Å². The van der Waals surface area contributed by atoms with Crippen molar-refractivity contribution in [3.63, 3.8) is 0 Å². The fraction of sp³-hybridized carbons (Fsp3) is 0.0500. The maximum absolute atomic E-state index is 11.7. The average molecular weight is 332 g/mol. The first-order valence-electron chi connectivity index (χ1n) is 7.75. The van der Waals surface area contributed by atoms with Crippen molar-refractivity contribution < 1.29 is 14.6 Å². The SMILES string of the molecule is CC=CC(=O)Oc1cc2ccccc2c(N=Nc2ccccc2)c1O. The molecule has 0 spiro atoms. The molecule has 0 saturated heterocycles. The van der Waals surface area contributed by atoms with E-state index in [0.29, 0.717) is 11.1 Å². The van der Waals surface area contributed by atoms with Gasteiger partial charge in [0.25, 0.3) is 0 Å². The molecule has 0 heterocycles. The number of fused-ring (bicyclic) bond motifs is 1. The first kappa shape index (κ1) is 16.4. The Labute approximate surface area is 144 Å². The second-order valence-corrected chi connectivity index (χ2v) is 5.25. The Morgan fingerprint density at radius 3 is 2.52 bits per heavy atom. The van der Waals surface area contributed by atoms with Crippen molar-refractivity contribution in [3.05, 3.63) is 72.8 Å². The molecule has 0 bridgehead atoms. The molecule has 1 N–H and O–H groups in total. The summed E-state index contributed by atoms with van der Waals surface area (Å²) in [4.78, 5) is 11.7. The first-order chi connectivity index (χ1) is 12.2. The van der Waals surface area contributed by atoms with Crippen LogP contribution < -0.4 is 4.74 Å². The van der Waals surface area contributed by atoms with Crippen LogP contribution in [-0.4, -0.2) is 11.1 Å². The van der Waals surface area contributed by atoms with Crippen molar-refractivity contribution in [3.8, 4) is 11.5 Å². The fourth-order valence-corrected chi connectivity index (χ4v) is 2.35. The molecule has 0 aliphatic heterocycles. The summed E-state index contributed by atoms with van der Waals surface area (Å²) in [6.45, 7) is 1.71. The lowest BCUT2D eigenvalue weighted by molar-refractivity contribution is -0.129. The molecule has 3 rings (SSSR count). The highest BCUT2D eigenvalue weighted by molar-refractivity contribution is 5.98. The van der Waals surface area contributed by atoms with Crippen LogP contribution in [0.25, 0.3) is 10.8 Å². The van der Waals surface area contributed by atoms with E-state index in [-0.39, 0.29) is 17.2 Å². The predicted octanol–water partition coefficient (Wildman–Crippen LogP) is 5.44. The summed E-state index contributed by atoms with van der Waals surface area (Å²) in [6.07, 6.45) is 2.84. The number of hydrogen-bond acceptors (Lipinski definition) is 5. The second-order valence-electron chi connectivity index (χ2n) is 5.25. The van der Waals surface area contributed by atoms with Crippen LogP contribution in [0.4, 0.5) is 11.4 Å². The van der Waals surface area contributed by atoms with Gasteiger partial charge in [-0.15, -0.1) is 5.11 Å². The third-order valence-electron chi connectivity index (χ3n) is 3.50. The minimum atomic E-state index is -0.570. The summed E-state index contributed by atoms with van der Waals surface area (Å²) >= 11 is 0. The van der Waals surface area contributed by atoms with E-state index in [9.17, 15) is 9.90 Å². The van der Waals surface area contributed by atoms with E-state index in [1.807, 2.05) is 42.5 Å². The molecule has 5 heteroatoms. The van der Waals surface area contributed by atoms with Gasteiger partial charge in [-0.05, 0) is 30.5 Å². The van der Waals surface area contributed by atoms with E-state index in [1.165, 1.54) is 6.08 Å². The monoisotopic (exact) mass is 332 g/mol. The Morgan fingerprint density at radius 1 is 1.04 bits per heavy atom. The zero-order chi connectivity index (χ0) is 17.6. The number of carbonyl (C=O) groups excluding carboxylic acids is 1. The van der Waals surface area contributed by atoms with Gasteiger partial charge in [-0.1, -0.05) is 48.5 Å². The van der Waals surface area contributed by atoms with Crippen LogP contribution in [0.5, 0.6) is 11.5 Å². The summed E-state index contributed by atoms with van der Waals surface area (Å²) in [7, 11) is 0. The number of rotatable bonds is 4. The second kappa shape index (κ2) is 7.40. The lowest BCUT2D eigenvalue weighted by Crippen LogP contribution is -2.03.